The van der Waals surface area contributed by atoms with Gasteiger partial charge in [-0.2, -0.15) is 0 Å². The molecule has 226 valence electrons. The largest absolute Gasteiger partial charge is 0.444 e. The molecule has 3 aliphatic rings. The Bertz CT molecular complexity index is 1260. The van der Waals surface area contributed by atoms with Crippen LogP contribution in [-0.4, -0.2) is 77.4 Å². The molecule has 1 unspecified atom stereocenters. The van der Waals surface area contributed by atoms with Crippen molar-refractivity contribution in [3.63, 3.8) is 0 Å². The fourth-order valence-electron chi connectivity index (χ4n) is 5.32. The first-order chi connectivity index (χ1) is 20.1. The van der Waals surface area contributed by atoms with Crippen LogP contribution < -0.4 is 11.1 Å². The van der Waals surface area contributed by atoms with Gasteiger partial charge in [0.15, 0.2) is 0 Å². The number of hydrogen-bond acceptors (Lipinski definition) is 7. The van der Waals surface area contributed by atoms with Crippen molar-refractivity contribution in [1.29, 1.82) is 0 Å². The molecular weight excluding hydrogens is 620 g/mol. The molecule has 1 aromatic heterocycles. The molecular formula is C31H40BrClN6O3. The number of allylic oxidation sites excluding steroid dienone is 1. The van der Waals surface area contributed by atoms with Crippen LogP contribution in [0.2, 0.25) is 5.02 Å². The zero-order chi connectivity index (χ0) is 30.3. The third-order valence-corrected chi connectivity index (χ3v) is 7.89. The summed E-state index contributed by atoms with van der Waals surface area (Å²) in [6, 6.07) is 7.25. The normalized spacial score (nSPS) is 19.7. The van der Waals surface area contributed by atoms with Gasteiger partial charge in [-0.05, 0) is 97.4 Å². The summed E-state index contributed by atoms with van der Waals surface area (Å²) in [5.74, 6) is -0.210. The van der Waals surface area contributed by atoms with E-state index in [1.54, 1.807) is 11.1 Å². The lowest BCUT2D eigenvalue weighted by atomic mass is 9.95. The van der Waals surface area contributed by atoms with E-state index in [9.17, 15) is 9.59 Å². The van der Waals surface area contributed by atoms with Crippen LogP contribution in [0.4, 0.5) is 4.79 Å². The summed E-state index contributed by atoms with van der Waals surface area (Å²) in [5.41, 5.74) is 9.39. The zero-order valence-corrected chi connectivity index (χ0v) is 26.8. The number of piperazine rings is 1. The van der Waals surface area contributed by atoms with Gasteiger partial charge >= 0.3 is 6.09 Å². The first-order valence-electron chi connectivity index (χ1n) is 14.4. The van der Waals surface area contributed by atoms with Gasteiger partial charge in [0.25, 0.3) is 0 Å². The van der Waals surface area contributed by atoms with Gasteiger partial charge in [0.1, 0.15) is 11.6 Å². The molecule has 0 radical (unpaired) electrons. The molecule has 2 aliphatic heterocycles. The van der Waals surface area contributed by atoms with E-state index in [0.29, 0.717) is 44.2 Å². The van der Waals surface area contributed by atoms with E-state index in [2.05, 4.69) is 43.3 Å². The van der Waals surface area contributed by atoms with Crippen LogP contribution in [0, 0.1) is 0 Å². The standard InChI is InChI=1S/C27H35BrClN5O3.C4H5N/c1-27(2,3)37-26(36)34-12-11-33(16-22(34)25(35)31-10-4-9-30)24-21-8-7-20(29)14-17(21)5-6-18-13-19(28)15-32-23(18)24;1-2-4-5-3-1/h7-8,13-15,22,24H,4-6,9-12,16,30H2,1-3H3,(H,31,35);1,3-4H,2H2/t22-,24?;/m1./s1. The molecule has 1 aliphatic carbocycles. The number of fused-ring (bicyclic) bond motifs is 2. The van der Waals surface area contributed by atoms with Crippen LogP contribution in [0.15, 0.2) is 52.2 Å². The monoisotopic (exact) mass is 658 g/mol. The van der Waals surface area contributed by atoms with E-state index in [-0.39, 0.29) is 11.9 Å². The lowest BCUT2D eigenvalue weighted by molar-refractivity contribution is -0.129. The number of nitrogens with two attached hydrogens (primary N) is 1. The highest BCUT2D eigenvalue weighted by atomic mass is 79.9. The molecule has 2 amide bonds. The van der Waals surface area contributed by atoms with Crippen LogP contribution in [-0.2, 0) is 22.4 Å². The number of rotatable bonds is 5. The van der Waals surface area contributed by atoms with Crippen molar-refractivity contribution in [2.24, 2.45) is 10.7 Å². The summed E-state index contributed by atoms with van der Waals surface area (Å²) in [6.45, 7) is 7.68. The Morgan fingerprint density at radius 3 is 2.64 bits per heavy atom. The number of carbonyl (C=O) groups is 2. The highest BCUT2D eigenvalue weighted by molar-refractivity contribution is 9.10. The van der Waals surface area contributed by atoms with Crippen molar-refractivity contribution < 1.29 is 14.3 Å². The molecule has 1 aromatic carbocycles. The number of halogens is 2. The molecule has 9 nitrogen and oxygen atoms in total. The minimum Gasteiger partial charge on any atom is -0.444 e. The number of aliphatic imine (C=N–C) groups is 1. The number of aryl methyl sites for hydroxylation is 2. The maximum Gasteiger partial charge on any atom is 0.411 e. The Hall–Kier alpha value is -2.79. The summed E-state index contributed by atoms with van der Waals surface area (Å²) >= 11 is 9.94. The summed E-state index contributed by atoms with van der Waals surface area (Å²) in [7, 11) is 0. The van der Waals surface area contributed by atoms with Gasteiger partial charge < -0.3 is 15.8 Å². The lowest BCUT2D eigenvalue weighted by Gasteiger charge is -2.44. The van der Waals surface area contributed by atoms with E-state index in [1.807, 2.05) is 51.4 Å². The van der Waals surface area contributed by atoms with Gasteiger partial charge in [0.2, 0.25) is 5.91 Å². The maximum atomic E-state index is 13.4. The summed E-state index contributed by atoms with van der Waals surface area (Å²) in [6.07, 6.45) is 10.4. The number of nitrogens with one attached hydrogen (secondary N) is 1. The highest BCUT2D eigenvalue weighted by Gasteiger charge is 2.41. The van der Waals surface area contributed by atoms with Crippen molar-refractivity contribution in [3.8, 4) is 0 Å². The third-order valence-electron chi connectivity index (χ3n) is 7.22. The predicted molar refractivity (Wildman–Crippen MR) is 170 cm³/mol. The number of hydrogen-bond donors (Lipinski definition) is 2. The Balaban J connectivity index is 0.000000732. The zero-order valence-electron chi connectivity index (χ0n) is 24.5. The summed E-state index contributed by atoms with van der Waals surface area (Å²) in [5, 5.41) is 3.65. The molecule has 0 bridgehead atoms. The van der Waals surface area contributed by atoms with Crippen LogP contribution in [0.5, 0.6) is 0 Å². The molecule has 5 rings (SSSR count). The molecule has 1 fully saturated rings. The number of pyridine rings is 1. The third kappa shape index (κ3) is 8.40. The number of benzene rings is 1. The van der Waals surface area contributed by atoms with Gasteiger partial charge in [-0.15, -0.1) is 0 Å². The van der Waals surface area contributed by atoms with Gasteiger partial charge in [-0.3, -0.25) is 24.6 Å². The van der Waals surface area contributed by atoms with Crippen molar-refractivity contribution >= 4 is 45.7 Å². The van der Waals surface area contributed by atoms with Crippen molar-refractivity contribution in [1.82, 2.24) is 20.1 Å². The fourth-order valence-corrected chi connectivity index (χ4v) is 5.89. The number of aromatic nitrogens is 1. The number of carbonyl (C=O) groups excluding carboxylic acids is 2. The number of nitrogens with zero attached hydrogens (tertiary/aromatic N) is 4. The van der Waals surface area contributed by atoms with E-state index in [4.69, 9.17) is 27.1 Å². The molecule has 2 aromatic rings. The van der Waals surface area contributed by atoms with E-state index < -0.39 is 17.7 Å². The van der Waals surface area contributed by atoms with Gasteiger partial charge in [0.05, 0.1) is 11.7 Å². The molecule has 2 atom stereocenters. The SMILES string of the molecule is C1=CN=CC1.CC(C)(C)OC(=O)N1CCN(C2c3ccc(Cl)cc3CCc3cc(Br)cnc32)C[C@@H]1C(=O)NCCCN. The maximum absolute atomic E-state index is 13.4. The Morgan fingerprint density at radius 2 is 1.98 bits per heavy atom. The Kier molecular flexibility index (Phi) is 11.2. The van der Waals surface area contributed by atoms with Crippen LogP contribution >= 0.6 is 27.5 Å². The molecule has 0 saturated carbocycles. The molecule has 11 heteroatoms. The molecule has 3 heterocycles. The van der Waals surface area contributed by atoms with Gasteiger partial charge in [0, 0.05) is 60.7 Å². The fraction of sp³-hybridized carbons (Fsp3) is 0.484. The average Bonchev–Trinajstić information content (AvgIpc) is 3.49. The van der Waals surface area contributed by atoms with Crippen molar-refractivity contribution in [3.05, 3.63) is 74.6 Å². The molecule has 1 saturated heterocycles. The average molecular weight is 660 g/mol. The predicted octanol–water partition coefficient (Wildman–Crippen LogP) is 5.05. The molecule has 0 spiro atoms. The van der Waals surface area contributed by atoms with Gasteiger partial charge in [-0.1, -0.05) is 23.7 Å². The minimum absolute atomic E-state index is 0.169. The molecule has 3 N–H and O–H groups in total. The van der Waals surface area contributed by atoms with E-state index in [0.717, 1.165) is 40.6 Å². The first kappa shape index (κ1) is 32.1. The van der Waals surface area contributed by atoms with Crippen LogP contribution in [0.25, 0.3) is 0 Å². The number of ether oxygens (including phenoxy) is 1. The molecule has 42 heavy (non-hydrogen) atoms. The summed E-state index contributed by atoms with van der Waals surface area (Å²) in [4.78, 5) is 38.9. The first-order valence-corrected chi connectivity index (χ1v) is 15.5. The number of amides is 2. The topological polar surface area (TPSA) is 113 Å². The van der Waals surface area contributed by atoms with E-state index >= 15 is 0 Å². The van der Waals surface area contributed by atoms with Crippen molar-refractivity contribution in [2.45, 2.75) is 64.1 Å². The van der Waals surface area contributed by atoms with E-state index in [1.165, 1.54) is 5.56 Å². The highest BCUT2D eigenvalue weighted by Crippen LogP contribution is 2.38. The smallest absolute Gasteiger partial charge is 0.411 e. The second kappa shape index (κ2) is 14.6. The second-order valence-electron chi connectivity index (χ2n) is 11.5. The summed E-state index contributed by atoms with van der Waals surface area (Å²) < 4.78 is 6.59. The lowest BCUT2D eigenvalue weighted by Crippen LogP contribution is -2.61. The van der Waals surface area contributed by atoms with Crippen molar-refractivity contribution in [2.75, 3.05) is 32.7 Å². The van der Waals surface area contributed by atoms with Crippen LogP contribution in [0.3, 0.4) is 0 Å². The Morgan fingerprint density at radius 1 is 1.19 bits per heavy atom. The minimum atomic E-state index is -0.709. The Labute approximate surface area is 261 Å². The second-order valence-corrected chi connectivity index (χ2v) is 12.9. The van der Waals surface area contributed by atoms with Crippen LogP contribution in [0.1, 0.15) is 62.0 Å². The quantitative estimate of drug-likeness (QED) is 0.435. The van der Waals surface area contributed by atoms with Gasteiger partial charge in [-0.25, -0.2) is 4.79 Å².